The molecule has 0 aliphatic carbocycles. The zero-order valence-electron chi connectivity index (χ0n) is 12.4. The van der Waals surface area contributed by atoms with Crippen molar-refractivity contribution >= 4 is 53.1 Å². The lowest BCUT2D eigenvalue weighted by atomic mass is 10.1. The minimum atomic E-state index is -0.462. The Bertz CT molecular complexity index is 571. The van der Waals surface area contributed by atoms with Gasteiger partial charge < -0.3 is 20.7 Å². The van der Waals surface area contributed by atoms with Gasteiger partial charge in [0.05, 0.1) is 30.0 Å². The maximum absolute atomic E-state index is 12.0. The fraction of sp³-hybridized carbons (Fsp3) is 0.429. The lowest BCUT2D eigenvalue weighted by molar-refractivity contribution is -0.130. The molecule has 2 rings (SSSR count). The van der Waals surface area contributed by atoms with Gasteiger partial charge in [0.1, 0.15) is 6.04 Å². The molecular formula is C14H18Cl3N3O3. The number of hydrogen-bond donors (Lipinski definition) is 3. The first kappa shape index (κ1) is 20.0. The third-order valence-electron chi connectivity index (χ3n) is 3.22. The van der Waals surface area contributed by atoms with Crippen LogP contribution in [0.4, 0.5) is 5.69 Å². The normalized spacial score (nSPS) is 20.3. The molecular weight excluding hydrogens is 365 g/mol. The van der Waals surface area contributed by atoms with Crippen molar-refractivity contribution in [3.63, 3.8) is 0 Å². The number of nitrogens with one attached hydrogen (secondary N) is 3. The number of halogens is 3. The van der Waals surface area contributed by atoms with Crippen molar-refractivity contribution in [3.05, 3.63) is 28.2 Å². The summed E-state index contributed by atoms with van der Waals surface area (Å²) in [6.07, 6.45) is -0.237. The highest BCUT2D eigenvalue weighted by atomic mass is 35.5. The summed E-state index contributed by atoms with van der Waals surface area (Å²) >= 11 is 11.8. The lowest BCUT2D eigenvalue weighted by Crippen LogP contribution is -2.56. The van der Waals surface area contributed by atoms with Crippen molar-refractivity contribution in [2.45, 2.75) is 19.1 Å². The first-order valence-electron chi connectivity index (χ1n) is 6.85. The third kappa shape index (κ3) is 5.82. The summed E-state index contributed by atoms with van der Waals surface area (Å²) < 4.78 is 5.39. The molecule has 0 aromatic heterocycles. The van der Waals surface area contributed by atoms with Crippen molar-refractivity contribution < 1.29 is 14.3 Å². The Labute approximate surface area is 150 Å². The second kappa shape index (κ2) is 9.30. The monoisotopic (exact) mass is 381 g/mol. The van der Waals surface area contributed by atoms with Crippen LogP contribution < -0.4 is 16.0 Å². The molecule has 23 heavy (non-hydrogen) atoms. The average Bonchev–Trinajstić information content (AvgIpc) is 2.49. The van der Waals surface area contributed by atoms with Crippen LogP contribution in [0.2, 0.25) is 10.0 Å². The molecule has 0 radical (unpaired) electrons. The molecule has 9 heteroatoms. The summed E-state index contributed by atoms with van der Waals surface area (Å²) in [5.74, 6) is -0.665. The predicted molar refractivity (Wildman–Crippen MR) is 92.6 cm³/mol. The highest BCUT2D eigenvalue weighted by molar-refractivity contribution is 6.35. The number of carbonyl (C=O) groups is 2. The number of rotatable bonds is 4. The number of carbonyl (C=O) groups excluding carboxylic acids is 2. The van der Waals surface area contributed by atoms with E-state index in [1.54, 1.807) is 18.2 Å². The molecule has 128 valence electrons. The van der Waals surface area contributed by atoms with Crippen LogP contribution in [-0.4, -0.2) is 43.7 Å². The largest absolute Gasteiger partial charge is 0.375 e. The fourth-order valence-corrected chi connectivity index (χ4v) is 2.43. The Morgan fingerprint density at radius 1 is 1.39 bits per heavy atom. The first-order valence-corrected chi connectivity index (χ1v) is 7.60. The van der Waals surface area contributed by atoms with E-state index in [2.05, 4.69) is 16.0 Å². The quantitative estimate of drug-likeness (QED) is 0.742. The van der Waals surface area contributed by atoms with E-state index >= 15 is 0 Å². The van der Waals surface area contributed by atoms with E-state index in [-0.39, 0.29) is 36.9 Å². The van der Waals surface area contributed by atoms with Gasteiger partial charge in [-0.15, -0.1) is 12.4 Å². The lowest BCUT2D eigenvalue weighted by Gasteiger charge is -2.29. The van der Waals surface area contributed by atoms with E-state index in [4.69, 9.17) is 27.9 Å². The van der Waals surface area contributed by atoms with Crippen LogP contribution in [0.5, 0.6) is 0 Å². The van der Waals surface area contributed by atoms with Crippen molar-refractivity contribution in [2.24, 2.45) is 0 Å². The molecule has 1 aromatic rings. The molecule has 0 spiro atoms. The molecule has 3 N–H and O–H groups in total. The number of morpholine rings is 1. The number of anilines is 1. The second-order valence-corrected chi connectivity index (χ2v) is 5.74. The Hall–Kier alpha value is -1.05. The molecule has 0 unspecified atom stereocenters. The minimum absolute atomic E-state index is 0. The zero-order chi connectivity index (χ0) is 16.1. The summed E-state index contributed by atoms with van der Waals surface area (Å²) in [5.41, 5.74) is 0.404. The number of ether oxygens (including phenoxy) is 1. The molecule has 1 aromatic carbocycles. The molecule has 1 saturated heterocycles. The Morgan fingerprint density at radius 2 is 2.13 bits per heavy atom. The van der Waals surface area contributed by atoms with Crippen LogP contribution in [0.25, 0.3) is 0 Å². The number of benzene rings is 1. The molecule has 1 aliphatic heterocycles. The van der Waals surface area contributed by atoms with Gasteiger partial charge in [-0.05, 0) is 25.1 Å². The highest BCUT2D eigenvalue weighted by Gasteiger charge is 2.28. The third-order valence-corrected chi connectivity index (χ3v) is 3.79. The van der Waals surface area contributed by atoms with Gasteiger partial charge >= 0.3 is 0 Å². The summed E-state index contributed by atoms with van der Waals surface area (Å²) in [4.78, 5) is 23.9. The summed E-state index contributed by atoms with van der Waals surface area (Å²) in [6, 6.07) is 4.29. The maximum Gasteiger partial charge on any atom is 0.243 e. The SMILES string of the molecule is C[C@H]1OCCN[C@@H]1C(=O)NCC(=O)Nc1cc(Cl)ccc1Cl.Cl. The van der Waals surface area contributed by atoms with E-state index in [1.807, 2.05) is 6.92 Å². The molecule has 0 bridgehead atoms. The number of amides is 2. The Balaban J connectivity index is 0.00000264. The van der Waals surface area contributed by atoms with Gasteiger partial charge in [-0.1, -0.05) is 23.2 Å². The van der Waals surface area contributed by atoms with Gasteiger partial charge in [-0.2, -0.15) is 0 Å². The maximum atomic E-state index is 12.0. The van der Waals surface area contributed by atoms with E-state index in [0.717, 1.165) is 0 Å². The standard InChI is InChI=1S/C14H17Cl2N3O3.ClH/c1-8-13(17-4-5-22-8)14(21)18-7-12(20)19-11-6-9(15)2-3-10(11)16;/h2-3,6,8,13,17H,4-5,7H2,1H3,(H,18,21)(H,19,20);1H/t8-,13+;/m1./s1. The average molecular weight is 383 g/mol. The van der Waals surface area contributed by atoms with Gasteiger partial charge in [0.2, 0.25) is 11.8 Å². The van der Waals surface area contributed by atoms with Crippen LogP contribution in [0.1, 0.15) is 6.92 Å². The van der Waals surface area contributed by atoms with E-state index in [1.165, 1.54) is 0 Å². The molecule has 0 saturated carbocycles. The first-order chi connectivity index (χ1) is 10.5. The summed E-state index contributed by atoms with van der Waals surface area (Å²) in [5, 5.41) is 9.05. The molecule has 2 amide bonds. The van der Waals surface area contributed by atoms with E-state index in [0.29, 0.717) is 28.9 Å². The van der Waals surface area contributed by atoms with Gasteiger partial charge in [0.15, 0.2) is 0 Å². The fourth-order valence-electron chi connectivity index (χ4n) is 2.09. The van der Waals surface area contributed by atoms with Gasteiger partial charge in [0, 0.05) is 11.6 Å². The van der Waals surface area contributed by atoms with Crippen molar-refractivity contribution in [2.75, 3.05) is 25.0 Å². The smallest absolute Gasteiger partial charge is 0.243 e. The predicted octanol–water partition coefficient (Wildman–Crippen LogP) is 1.85. The van der Waals surface area contributed by atoms with Crippen LogP contribution in [-0.2, 0) is 14.3 Å². The molecule has 2 atom stereocenters. The van der Waals surface area contributed by atoms with Crippen molar-refractivity contribution in [1.29, 1.82) is 0 Å². The Morgan fingerprint density at radius 3 is 2.83 bits per heavy atom. The van der Waals surface area contributed by atoms with Crippen LogP contribution in [0.3, 0.4) is 0 Å². The molecule has 1 aliphatic rings. The Kier molecular flexibility index (Phi) is 8.08. The summed E-state index contributed by atoms with van der Waals surface area (Å²) in [7, 11) is 0. The van der Waals surface area contributed by atoms with Crippen molar-refractivity contribution in [1.82, 2.24) is 10.6 Å². The highest BCUT2D eigenvalue weighted by Crippen LogP contribution is 2.25. The van der Waals surface area contributed by atoms with Crippen LogP contribution in [0.15, 0.2) is 18.2 Å². The molecule has 1 fully saturated rings. The zero-order valence-corrected chi connectivity index (χ0v) is 14.7. The minimum Gasteiger partial charge on any atom is -0.375 e. The topological polar surface area (TPSA) is 79.5 Å². The van der Waals surface area contributed by atoms with Gasteiger partial charge in [0.25, 0.3) is 0 Å². The summed E-state index contributed by atoms with van der Waals surface area (Å²) in [6.45, 7) is 2.82. The van der Waals surface area contributed by atoms with E-state index < -0.39 is 6.04 Å². The number of hydrogen-bond acceptors (Lipinski definition) is 4. The molecule has 6 nitrogen and oxygen atoms in total. The van der Waals surface area contributed by atoms with E-state index in [9.17, 15) is 9.59 Å². The van der Waals surface area contributed by atoms with Gasteiger partial charge in [-0.3, -0.25) is 9.59 Å². The van der Waals surface area contributed by atoms with Crippen LogP contribution >= 0.6 is 35.6 Å². The molecule has 1 heterocycles. The van der Waals surface area contributed by atoms with Crippen molar-refractivity contribution in [3.8, 4) is 0 Å². The second-order valence-electron chi connectivity index (χ2n) is 4.90. The van der Waals surface area contributed by atoms with Gasteiger partial charge in [-0.25, -0.2) is 0 Å². The van der Waals surface area contributed by atoms with Crippen LogP contribution in [0, 0.1) is 0 Å².